The van der Waals surface area contributed by atoms with Gasteiger partial charge < -0.3 is 14.6 Å². The van der Waals surface area contributed by atoms with Crippen LogP contribution in [0.15, 0.2) is 28.8 Å². The molecule has 0 aliphatic carbocycles. The van der Waals surface area contributed by atoms with Crippen molar-refractivity contribution in [2.45, 2.75) is 31.7 Å². The molecule has 2 heterocycles. The van der Waals surface area contributed by atoms with Crippen molar-refractivity contribution in [3.05, 3.63) is 30.2 Å². The van der Waals surface area contributed by atoms with Crippen molar-refractivity contribution in [2.75, 3.05) is 13.7 Å². The summed E-state index contributed by atoms with van der Waals surface area (Å²) in [6.45, 7) is 3.19. The number of hydrogen-bond acceptors (Lipinski definition) is 5. The molecule has 2 aromatic rings. The lowest BCUT2D eigenvalue weighted by atomic mass is 9.93. The van der Waals surface area contributed by atoms with Crippen LogP contribution in [0.1, 0.15) is 31.6 Å². The van der Waals surface area contributed by atoms with Crippen LogP contribution < -0.4 is 10.1 Å². The third-order valence-corrected chi connectivity index (χ3v) is 3.74. The largest absolute Gasteiger partial charge is 0.497 e. The highest BCUT2D eigenvalue weighted by molar-refractivity contribution is 5.85. The molecule has 1 N–H and O–H groups in total. The normalized spacial score (nSPS) is 21.6. The van der Waals surface area contributed by atoms with E-state index in [-0.39, 0.29) is 12.4 Å². The van der Waals surface area contributed by atoms with Gasteiger partial charge in [0, 0.05) is 17.5 Å². The zero-order valence-electron chi connectivity index (χ0n) is 12.2. The molecule has 2 atom stereocenters. The summed E-state index contributed by atoms with van der Waals surface area (Å²) < 4.78 is 10.7. The number of nitrogens with zero attached hydrogens (tertiary/aromatic N) is 2. The van der Waals surface area contributed by atoms with Crippen LogP contribution in [0, 0.1) is 0 Å². The lowest BCUT2D eigenvalue weighted by Crippen LogP contribution is -2.34. The Morgan fingerprint density at radius 1 is 1.38 bits per heavy atom. The van der Waals surface area contributed by atoms with Gasteiger partial charge in [-0.25, -0.2) is 0 Å². The molecule has 21 heavy (non-hydrogen) atoms. The van der Waals surface area contributed by atoms with Gasteiger partial charge in [0.05, 0.1) is 7.11 Å². The third-order valence-electron chi connectivity index (χ3n) is 3.74. The Balaban J connectivity index is 0.00000161. The average Bonchev–Trinajstić information content (AvgIpc) is 2.97. The SMILES string of the molecule is COc1cccc(-c2noc([C@H]3CCN[C@@H](C)C3)n2)c1.Cl. The fourth-order valence-corrected chi connectivity index (χ4v) is 2.64. The fraction of sp³-hybridized carbons (Fsp3) is 0.467. The predicted octanol–water partition coefficient (Wildman–Crippen LogP) is 3.02. The number of benzene rings is 1. The Hall–Kier alpha value is -1.59. The first-order chi connectivity index (χ1) is 9.76. The Bertz CT molecular complexity index is 588. The molecule has 1 aromatic carbocycles. The molecule has 6 heteroatoms. The number of halogens is 1. The van der Waals surface area contributed by atoms with Crippen LogP contribution in [0.5, 0.6) is 5.75 Å². The molecule has 1 aromatic heterocycles. The van der Waals surface area contributed by atoms with Gasteiger partial charge in [0.2, 0.25) is 11.7 Å². The lowest BCUT2D eigenvalue weighted by Gasteiger charge is -2.25. The van der Waals surface area contributed by atoms with Crippen LogP contribution in [0.4, 0.5) is 0 Å². The quantitative estimate of drug-likeness (QED) is 0.944. The molecule has 1 aliphatic rings. The van der Waals surface area contributed by atoms with Crippen molar-refractivity contribution < 1.29 is 9.26 Å². The zero-order chi connectivity index (χ0) is 13.9. The van der Waals surface area contributed by atoms with Gasteiger partial charge in [-0.3, -0.25) is 0 Å². The second-order valence-corrected chi connectivity index (χ2v) is 5.26. The fourth-order valence-electron chi connectivity index (χ4n) is 2.64. The van der Waals surface area contributed by atoms with Gasteiger partial charge in [-0.15, -0.1) is 12.4 Å². The second kappa shape index (κ2) is 6.91. The lowest BCUT2D eigenvalue weighted by molar-refractivity contribution is 0.295. The van der Waals surface area contributed by atoms with E-state index < -0.39 is 0 Å². The van der Waals surface area contributed by atoms with Gasteiger partial charge in [-0.05, 0) is 38.4 Å². The highest BCUT2D eigenvalue weighted by atomic mass is 35.5. The molecule has 0 unspecified atom stereocenters. The number of piperidine rings is 1. The molecule has 1 saturated heterocycles. The smallest absolute Gasteiger partial charge is 0.230 e. The van der Waals surface area contributed by atoms with Crippen molar-refractivity contribution >= 4 is 12.4 Å². The molecule has 1 fully saturated rings. The van der Waals surface area contributed by atoms with Gasteiger partial charge in [0.25, 0.3) is 0 Å². The molecular formula is C15H20ClN3O2. The highest BCUT2D eigenvalue weighted by Gasteiger charge is 2.25. The zero-order valence-corrected chi connectivity index (χ0v) is 13.0. The molecule has 0 saturated carbocycles. The summed E-state index contributed by atoms with van der Waals surface area (Å²) in [5.74, 6) is 2.53. The number of aromatic nitrogens is 2. The molecule has 1 aliphatic heterocycles. The Labute approximate surface area is 130 Å². The van der Waals surface area contributed by atoms with Gasteiger partial charge >= 0.3 is 0 Å². The first-order valence-electron chi connectivity index (χ1n) is 6.97. The van der Waals surface area contributed by atoms with E-state index in [1.807, 2.05) is 24.3 Å². The number of nitrogens with one attached hydrogen (secondary N) is 1. The van der Waals surface area contributed by atoms with E-state index in [9.17, 15) is 0 Å². The maximum absolute atomic E-state index is 5.45. The van der Waals surface area contributed by atoms with E-state index in [0.717, 1.165) is 36.6 Å². The van der Waals surface area contributed by atoms with E-state index in [0.29, 0.717) is 17.8 Å². The molecular weight excluding hydrogens is 290 g/mol. The van der Waals surface area contributed by atoms with Crippen LogP contribution in [-0.4, -0.2) is 29.8 Å². The Morgan fingerprint density at radius 3 is 3.00 bits per heavy atom. The highest BCUT2D eigenvalue weighted by Crippen LogP contribution is 2.28. The minimum Gasteiger partial charge on any atom is -0.497 e. The van der Waals surface area contributed by atoms with Crippen LogP contribution >= 0.6 is 12.4 Å². The predicted molar refractivity (Wildman–Crippen MR) is 83.0 cm³/mol. The first kappa shape index (κ1) is 15.8. The van der Waals surface area contributed by atoms with E-state index in [4.69, 9.17) is 9.26 Å². The molecule has 0 radical (unpaired) electrons. The van der Waals surface area contributed by atoms with E-state index in [1.54, 1.807) is 7.11 Å². The molecule has 3 rings (SSSR count). The third kappa shape index (κ3) is 3.54. The average molecular weight is 310 g/mol. The summed E-state index contributed by atoms with van der Waals surface area (Å²) in [5, 5.41) is 7.53. The summed E-state index contributed by atoms with van der Waals surface area (Å²) >= 11 is 0. The van der Waals surface area contributed by atoms with Gasteiger partial charge in [0.15, 0.2) is 0 Å². The minimum atomic E-state index is 0. The number of methoxy groups -OCH3 is 1. The second-order valence-electron chi connectivity index (χ2n) is 5.26. The van der Waals surface area contributed by atoms with Crippen LogP contribution in [0.25, 0.3) is 11.4 Å². The van der Waals surface area contributed by atoms with E-state index in [1.165, 1.54) is 0 Å². The van der Waals surface area contributed by atoms with Crippen molar-refractivity contribution in [3.8, 4) is 17.1 Å². The van der Waals surface area contributed by atoms with Crippen molar-refractivity contribution in [3.63, 3.8) is 0 Å². The molecule has 0 spiro atoms. The molecule has 5 nitrogen and oxygen atoms in total. The summed E-state index contributed by atoms with van der Waals surface area (Å²) in [6.07, 6.45) is 2.09. The number of rotatable bonds is 3. The van der Waals surface area contributed by atoms with Crippen LogP contribution in [0.2, 0.25) is 0 Å². The first-order valence-corrected chi connectivity index (χ1v) is 6.97. The van der Waals surface area contributed by atoms with E-state index in [2.05, 4.69) is 22.4 Å². The Morgan fingerprint density at radius 2 is 2.24 bits per heavy atom. The summed E-state index contributed by atoms with van der Waals surface area (Å²) in [5.41, 5.74) is 0.918. The van der Waals surface area contributed by atoms with Gasteiger partial charge in [-0.2, -0.15) is 4.98 Å². The maximum atomic E-state index is 5.45. The summed E-state index contributed by atoms with van der Waals surface area (Å²) in [7, 11) is 1.65. The van der Waals surface area contributed by atoms with Crippen LogP contribution in [0.3, 0.4) is 0 Å². The minimum absolute atomic E-state index is 0. The number of ether oxygens (including phenoxy) is 1. The monoisotopic (exact) mass is 309 g/mol. The summed E-state index contributed by atoms with van der Waals surface area (Å²) in [4.78, 5) is 4.55. The Kier molecular flexibility index (Phi) is 5.20. The topological polar surface area (TPSA) is 60.2 Å². The van der Waals surface area contributed by atoms with E-state index >= 15 is 0 Å². The molecule has 0 amide bonds. The molecule has 114 valence electrons. The van der Waals surface area contributed by atoms with Crippen molar-refractivity contribution in [2.24, 2.45) is 0 Å². The van der Waals surface area contributed by atoms with Gasteiger partial charge in [0.1, 0.15) is 5.75 Å². The maximum Gasteiger partial charge on any atom is 0.230 e. The van der Waals surface area contributed by atoms with Crippen molar-refractivity contribution in [1.29, 1.82) is 0 Å². The molecule has 0 bridgehead atoms. The van der Waals surface area contributed by atoms with Crippen LogP contribution in [-0.2, 0) is 0 Å². The standard InChI is InChI=1S/C15H19N3O2.ClH/c1-10-8-12(6-7-16-10)15-17-14(18-20-15)11-4-3-5-13(9-11)19-2;/h3-5,9-10,12,16H,6-8H2,1-2H3;1H/t10-,12-;/m0./s1. The summed E-state index contributed by atoms with van der Waals surface area (Å²) in [6, 6.07) is 8.21. The van der Waals surface area contributed by atoms with Crippen molar-refractivity contribution in [1.82, 2.24) is 15.5 Å². The number of hydrogen-bond donors (Lipinski definition) is 1. The van der Waals surface area contributed by atoms with Gasteiger partial charge in [-0.1, -0.05) is 17.3 Å².